The van der Waals surface area contributed by atoms with Gasteiger partial charge in [0.05, 0.1) is 30.4 Å². The molecule has 1 aromatic carbocycles. The molecule has 0 radical (unpaired) electrons. The molecule has 7 nitrogen and oxygen atoms in total. The topological polar surface area (TPSA) is 90.4 Å². The van der Waals surface area contributed by atoms with Crippen molar-refractivity contribution in [2.24, 2.45) is 0 Å². The van der Waals surface area contributed by atoms with Crippen molar-refractivity contribution in [3.05, 3.63) is 82.1 Å². The third kappa shape index (κ3) is 4.34. The first-order chi connectivity index (χ1) is 16.9. The maximum Gasteiger partial charge on any atom is 0.336 e. The van der Waals surface area contributed by atoms with Gasteiger partial charge in [-0.25, -0.2) is 9.78 Å². The van der Waals surface area contributed by atoms with Crippen molar-refractivity contribution >= 4 is 23.3 Å². The Labute approximate surface area is 209 Å². The standard InChI is InChI=1S/C27H29N3O4S/c1-5-33-25(31)22-17(3)29-18(4)27(26(32)34-6-2,20-12-8-7-9-13-20)23(22)24-30-21(16-35-24)19-11-10-14-28-15-19/h7-16,18,23,29H,5-6H2,1-4H3. The maximum atomic E-state index is 14.0. The molecule has 1 N–H and O–H groups in total. The lowest BCUT2D eigenvalue weighted by atomic mass is 9.61. The highest BCUT2D eigenvalue weighted by molar-refractivity contribution is 7.10. The number of hydrogen-bond acceptors (Lipinski definition) is 8. The van der Waals surface area contributed by atoms with Crippen molar-refractivity contribution in [1.29, 1.82) is 0 Å². The van der Waals surface area contributed by atoms with Gasteiger partial charge in [-0.15, -0.1) is 11.3 Å². The van der Waals surface area contributed by atoms with Crippen molar-refractivity contribution in [3.63, 3.8) is 0 Å². The summed E-state index contributed by atoms with van der Waals surface area (Å²) in [5, 5.41) is 5.94. The number of nitrogens with zero attached hydrogens (tertiary/aromatic N) is 2. The number of aromatic nitrogens is 2. The predicted octanol–water partition coefficient (Wildman–Crippen LogP) is 4.62. The molecule has 3 aromatic rings. The molecule has 0 fully saturated rings. The Balaban J connectivity index is 2.01. The number of rotatable bonds is 7. The number of carbonyl (C=O) groups is 2. The molecule has 0 saturated heterocycles. The van der Waals surface area contributed by atoms with Crippen LogP contribution in [0, 0.1) is 0 Å². The summed E-state index contributed by atoms with van der Waals surface area (Å²) < 4.78 is 11.2. The maximum absolute atomic E-state index is 14.0. The van der Waals surface area contributed by atoms with Crippen molar-refractivity contribution in [2.75, 3.05) is 13.2 Å². The monoisotopic (exact) mass is 491 g/mol. The third-order valence-corrected chi connectivity index (χ3v) is 7.26. The molecule has 3 heterocycles. The van der Waals surface area contributed by atoms with Gasteiger partial charge in [0, 0.05) is 35.1 Å². The smallest absolute Gasteiger partial charge is 0.336 e. The fourth-order valence-electron chi connectivity index (χ4n) is 4.87. The number of esters is 2. The van der Waals surface area contributed by atoms with Gasteiger partial charge in [0.25, 0.3) is 0 Å². The molecule has 3 unspecified atom stereocenters. The Morgan fingerprint density at radius 1 is 1.09 bits per heavy atom. The van der Waals surface area contributed by atoms with Gasteiger partial charge < -0.3 is 14.8 Å². The lowest BCUT2D eigenvalue weighted by Crippen LogP contribution is -2.60. The summed E-state index contributed by atoms with van der Waals surface area (Å²) in [5.41, 5.74) is 2.13. The summed E-state index contributed by atoms with van der Waals surface area (Å²) in [6.45, 7) is 7.76. The van der Waals surface area contributed by atoms with Crippen LogP contribution in [0.5, 0.6) is 0 Å². The minimum atomic E-state index is -1.25. The average molecular weight is 492 g/mol. The summed E-state index contributed by atoms with van der Waals surface area (Å²) in [4.78, 5) is 36.5. The molecule has 8 heteroatoms. The van der Waals surface area contributed by atoms with E-state index < -0.39 is 29.3 Å². The van der Waals surface area contributed by atoms with Crippen LogP contribution < -0.4 is 5.32 Å². The number of nitrogens with one attached hydrogen (secondary N) is 1. The van der Waals surface area contributed by atoms with Crippen LogP contribution >= 0.6 is 11.3 Å². The normalized spacial score (nSPS) is 21.8. The van der Waals surface area contributed by atoms with Gasteiger partial charge in [0.15, 0.2) is 0 Å². The molecule has 0 aliphatic carbocycles. The number of carbonyl (C=O) groups excluding carboxylic acids is 2. The minimum Gasteiger partial charge on any atom is -0.465 e. The number of pyridine rings is 1. The number of benzene rings is 1. The fourth-order valence-corrected chi connectivity index (χ4v) is 5.88. The molecule has 182 valence electrons. The van der Waals surface area contributed by atoms with Crippen LogP contribution in [0.3, 0.4) is 0 Å². The Bertz CT molecular complexity index is 1230. The van der Waals surface area contributed by atoms with Gasteiger partial charge in [-0.3, -0.25) is 9.78 Å². The zero-order chi connectivity index (χ0) is 25.0. The van der Waals surface area contributed by atoms with Crippen LogP contribution in [0.4, 0.5) is 0 Å². The second-order valence-electron chi connectivity index (χ2n) is 8.33. The summed E-state index contributed by atoms with van der Waals surface area (Å²) in [6.07, 6.45) is 3.45. The molecule has 1 aliphatic rings. The number of allylic oxidation sites excluding steroid dienone is 1. The van der Waals surface area contributed by atoms with Crippen LogP contribution in [0.1, 0.15) is 44.2 Å². The van der Waals surface area contributed by atoms with Crippen molar-refractivity contribution in [1.82, 2.24) is 15.3 Å². The molecule has 0 spiro atoms. The first kappa shape index (κ1) is 24.6. The van der Waals surface area contributed by atoms with Gasteiger partial charge >= 0.3 is 11.9 Å². The summed E-state index contributed by atoms with van der Waals surface area (Å²) in [5.74, 6) is -1.60. The van der Waals surface area contributed by atoms with E-state index in [1.165, 1.54) is 11.3 Å². The van der Waals surface area contributed by atoms with Crippen molar-refractivity contribution < 1.29 is 19.1 Å². The van der Waals surface area contributed by atoms with Crippen molar-refractivity contribution in [2.45, 2.75) is 45.1 Å². The zero-order valence-electron chi connectivity index (χ0n) is 20.3. The Kier molecular flexibility index (Phi) is 7.31. The Morgan fingerprint density at radius 3 is 2.49 bits per heavy atom. The first-order valence-electron chi connectivity index (χ1n) is 11.7. The van der Waals surface area contributed by atoms with Gasteiger partial charge in [-0.2, -0.15) is 0 Å². The van der Waals surface area contributed by atoms with E-state index in [0.29, 0.717) is 16.3 Å². The summed E-state index contributed by atoms with van der Waals surface area (Å²) in [6, 6.07) is 12.9. The van der Waals surface area contributed by atoms with E-state index in [9.17, 15) is 9.59 Å². The van der Waals surface area contributed by atoms with E-state index in [4.69, 9.17) is 14.5 Å². The fraction of sp³-hybridized carbons (Fsp3) is 0.333. The van der Waals surface area contributed by atoms with E-state index in [2.05, 4.69) is 10.3 Å². The minimum absolute atomic E-state index is 0.211. The first-order valence-corrected chi connectivity index (χ1v) is 12.6. The van der Waals surface area contributed by atoms with Gasteiger partial charge in [-0.05, 0) is 45.4 Å². The number of ether oxygens (including phenoxy) is 2. The van der Waals surface area contributed by atoms with Crippen LogP contribution in [0.25, 0.3) is 11.3 Å². The van der Waals surface area contributed by atoms with E-state index in [1.807, 2.05) is 61.7 Å². The summed E-state index contributed by atoms with van der Waals surface area (Å²) in [7, 11) is 0. The molecule has 0 saturated carbocycles. The van der Waals surface area contributed by atoms with E-state index in [1.54, 1.807) is 26.2 Å². The van der Waals surface area contributed by atoms with Crippen molar-refractivity contribution in [3.8, 4) is 11.3 Å². The quantitative estimate of drug-likeness (QED) is 0.482. The SMILES string of the molecule is CCOC(=O)C1=C(C)NC(C)C(C(=O)OCC)(c2ccccc2)C1c1nc(-c2cccnc2)cs1. The molecule has 0 amide bonds. The second kappa shape index (κ2) is 10.4. The van der Waals surface area contributed by atoms with Crippen LogP contribution in [0.2, 0.25) is 0 Å². The molecule has 35 heavy (non-hydrogen) atoms. The molecule has 1 aliphatic heterocycles. The molecule has 2 aromatic heterocycles. The largest absolute Gasteiger partial charge is 0.465 e. The summed E-state index contributed by atoms with van der Waals surface area (Å²) >= 11 is 1.41. The Hall–Kier alpha value is -3.52. The van der Waals surface area contributed by atoms with E-state index in [-0.39, 0.29) is 13.2 Å². The zero-order valence-corrected chi connectivity index (χ0v) is 21.1. The lowest BCUT2D eigenvalue weighted by Gasteiger charge is -2.47. The van der Waals surface area contributed by atoms with Gasteiger partial charge in [-0.1, -0.05) is 30.3 Å². The second-order valence-corrected chi connectivity index (χ2v) is 9.22. The number of hydrogen-bond donors (Lipinski definition) is 1. The molecule has 4 rings (SSSR count). The highest BCUT2D eigenvalue weighted by atomic mass is 32.1. The van der Waals surface area contributed by atoms with E-state index in [0.717, 1.165) is 16.8 Å². The highest BCUT2D eigenvalue weighted by Crippen LogP contribution is 2.51. The van der Waals surface area contributed by atoms with E-state index >= 15 is 0 Å². The van der Waals surface area contributed by atoms with Crippen LogP contribution in [0.15, 0.2) is 71.5 Å². The van der Waals surface area contributed by atoms with Gasteiger partial charge in [0.1, 0.15) is 10.4 Å². The Morgan fingerprint density at radius 2 is 1.83 bits per heavy atom. The lowest BCUT2D eigenvalue weighted by molar-refractivity contribution is -0.153. The van der Waals surface area contributed by atoms with Crippen LogP contribution in [-0.2, 0) is 24.5 Å². The third-order valence-electron chi connectivity index (χ3n) is 6.35. The van der Waals surface area contributed by atoms with Gasteiger partial charge in [0.2, 0.25) is 0 Å². The molecule has 0 bridgehead atoms. The molecule has 3 atom stereocenters. The van der Waals surface area contributed by atoms with Crippen LogP contribution in [-0.4, -0.2) is 41.2 Å². The average Bonchev–Trinajstić information content (AvgIpc) is 3.35. The number of thiazole rings is 1. The molecular weight excluding hydrogens is 462 g/mol. The highest BCUT2D eigenvalue weighted by Gasteiger charge is 2.59. The molecular formula is C27H29N3O4S. The predicted molar refractivity (Wildman–Crippen MR) is 135 cm³/mol.